The number of hydrogen-bond acceptors (Lipinski definition) is 3. The molecule has 1 N–H and O–H groups in total. The van der Waals surface area contributed by atoms with E-state index in [0.717, 1.165) is 38.9 Å². The normalized spacial score (nSPS) is 16.6. The Morgan fingerprint density at radius 3 is 2.85 bits per heavy atom. The lowest BCUT2D eigenvalue weighted by Crippen LogP contribution is -2.31. The second-order valence-corrected chi connectivity index (χ2v) is 5.35. The van der Waals surface area contributed by atoms with Crippen LogP contribution in [0, 0.1) is 0 Å². The maximum atomic E-state index is 10.6. The number of carboxylic acids is 1. The van der Waals surface area contributed by atoms with Crippen molar-refractivity contribution in [3.63, 3.8) is 0 Å². The molecule has 1 aromatic rings. The van der Waals surface area contributed by atoms with Crippen molar-refractivity contribution in [2.45, 2.75) is 38.8 Å². The molecule has 1 aliphatic heterocycles. The van der Waals surface area contributed by atoms with Crippen LogP contribution in [0.15, 0.2) is 24.3 Å². The number of hydrogen-bond donors (Lipinski definition) is 1. The van der Waals surface area contributed by atoms with Crippen LogP contribution in [-0.2, 0) is 22.5 Å². The fraction of sp³-hybridized carbons (Fsp3) is 0.562. The van der Waals surface area contributed by atoms with E-state index in [0.29, 0.717) is 6.61 Å². The van der Waals surface area contributed by atoms with E-state index in [1.54, 1.807) is 6.92 Å². The van der Waals surface area contributed by atoms with Crippen molar-refractivity contribution in [1.82, 2.24) is 4.90 Å². The number of fused-ring (bicyclic) bond motifs is 1. The predicted molar refractivity (Wildman–Crippen MR) is 77.7 cm³/mol. The van der Waals surface area contributed by atoms with Crippen LogP contribution >= 0.6 is 0 Å². The van der Waals surface area contributed by atoms with Crippen molar-refractivity contribution < 1.29 is 14.6 Å². The first-order chi connectivity index (χ1) is 9.66. The minimum absolute atomic E-state index is 0.526. The number of aliphatic carboxylic acids is 1. The third kappa shape index (κ3) is 4.32. The highest BCUT2D eigenvalue weighted by atomic mass is 16.5. The summed E-state index contributed by atoms with van der Waals surface area (Å²) >= 11 is 0. The molecule has 0 saturated carbocycles. The van der Waals surface area contributed by atoms with Gasteiger partial charge in [-0.1, -0.05) is 24.3 Å². The van der Waals surface area contributed by atoms with Gasteiger partial charge in [-0.15, -0.1) is 0 Å². The molecule has 0 fully saturated rings. The fourth-order valence-electron chi connectivity index (χ4n) is 2.51. The molecule has 1 aliphatic rings. The van der Waals surface area contributed by atoms with E-state index in [2.05, 4.69) is 29.2 Å². The number of carbonyl (C=O) groups is 1. The highest BCUT2D eigenvalue weighted by Crippen LogP contribution is 2.18. The largest absolute Gasteiger partial charge is 0.479 e. The third-order valence-corrected chi connectivity index (χ3v) is 3.79. The van der Waals surface area contributed by atoms with Crippen LogP contribution in [0.2, 0.25) is 0 Å². The number of rotatable bonds is 7. The highest BCUT2D eigenvalue weighted by molar-refractivity contribution is 5.71. The topological polar surface area (TPSA) is 49.8 Å². The molecule has 0 amide bonds. The Hall–Kier alpha value is -1.39. The lowest BCUT2D eigenvalue weighted by molar-refractivity contribution is -0.149. The second-order valence-electron chi connectivity index (χ2n) is 5.35. The molecular formula is C16H23NO3. The van der Waals surface area contributed by atoms with Gasteiger partial charge in [-0.05, 0) is 43.9 Å². The van der Waals surface area contributed by atoms with Crippen molar-refractivity contribution >= 4 is 5.97 Å². The molecule has 1 atom stereocenters. The zero-order valence-corrected chi connectivity index (χ0v) is 12.0. The molecule has 1 unspecified atom stereocenters. The smallest absolute Gasteiger partial charge is 0.332 e. The van der Waals surface area contributed by atoms with Gasteiger partial charge in [-0.3, -0.25) is 4.90 Å². The number of nitrogens with zero attached hydrogens (tertiary/aromatic N) is 1. The molecule has 110 valence electrons. The summed E-state index contributed by atoms with van der Waals surface area (Å²) in [6.07, 6.45) is 2.39. The van der Waals surface area contributed by atoms with Crippen LogP contribution in [-0.4, -0.2) is 41.8 Å². The molecule has 0 bridgehead atoms. The molecule has 20 heavy (non-hydrogen) atoms. The maximum Gasteiger partial charge on any atom is 0.332 e. The molecular weight excluding hydrogens is 254 g/mol. The van der Waals surface area contributed by atoms with Gasteiger partial charge in [-0.25, -0.2) is 4.79 Å². The Morgan fingerprint density at radius 1 is 1.35 bits per heavy atom. The van der Waals surface area contributed by atoms with E-state index in [4.69, 9.17) is 9.84 Å². The van der Waals surface area contributed by atoms with Crippen molar-refractivity contribution in [2.24, 2.45) is 0 Å². The zero-order valence-electron chi connectivity index (χ0n) is 12.0. The molecule has 0 radical (unpaired) electrons. The van der Waals surface area contributed by atoms with E-state index >= 15 is 0 Å². The first-order valence-electron chi connectivity index (χ1n) is 7.30. The summed E-state index contributed by atoms with van der Waals surface area (Å²) in [6, 6.07) is 8.63. The second kappa shape index (κ2) is 7.41. The average molecular weight is 277 g/mol. The first kappa shape index (κ1) is 15.0. The Balaban J connectivity index is 1.63. The zero-order chi connectivity index (χ0) is 14.4. The molecule has 4 heteroatoms. The molecule has 0 aliphatic carbocycles. The van der Waals surface area contributed by atoms with Gasteiger partial charge in [0.05, 0.1) is 0 Å². The van der Waals surface area contributed by atoms with E-state index in [1.165, 1.54) is 11.1 Å². The van der Waals surface area contributed by atoms with Gasteiger partial charge in [0.15, 0.2) is 6.10 Å². The number of unbranched alkanes of at least 4 members (excludes halogenated alkanes) is 1. The molecule has 1 aromatic carbocycles. The molecule has 2 rings (SSSR count). The molecule has 4 nitrogen and oxygen atoms in total. The first-order valence-corrected chi connectivity index (χ1v) is 7.30. The van der Waals surface area contributed by atoms with Gasteiger partial charge in [0.2, 0.25) is 0 Å². The van der Waals surface area contributed by atoms with Gasteiger partial charge in [-0.2, -0.15) is 0 Å². The molecule has 0 spiro atoms. The molecule has 1 heterocycles. The quantitative estimate of drug-likeness (QED) is 0.777. The summed E-state index contributed by atoms with van der Waals surface area (Å²) in [5, 5.41) is 8.70. The predicted octanol–water partition coefficient (Wildman–Crippen LogP) is 2.31. The Kier molecular flexibility index (Phi) is 5.56. The summed E-state index contributed by atoms with van der Waals surface area (Å²) in [5.74, 6) is -0.891. The van der Waals surface area contributed by atoms with Crippen molar-refractivity contribution in [1.29, 1.82) is 0 Å². The Morgan fingerprint density at radius 2 is 2.10 bits per heavy atom. The van der Waals surface area contributed by atoms with Crippen LogP contribution in [0.4, 0.5) is 0 Å². The summed E-state index contributed by atoms with van der Waals surface area (Å²) in [6.45, 7) is 5.30. The number of benzene rings is 1. The summed E-state index contributed by atoms with van der Waals surface area (Å²) in [7, 11) is 0. The van der Waals surface area contributed by atoms with Crippen LogP contribution < -0.4 is 0 Å². The minimum atomic E-state index is -0.891. The van der Waals surface area contributed by atoms with Crippen molar-refractivity contribution in [2.75, 3.05) is 19.7 Å². The molecule has 0 saturated heterocycles. The lowest BCUT2D eigenvalue weighted by atomic mass is 10.00. The van der Waals surface area contributed by atoms with Gasteiger partial charge in [0, 0.05) is 19.7 Å². The number of carboxylic acid groups (broad SMARTS) is 1. The highest BCUT2D eigenvalue weighted by Gasteiger charge is 2.15. The van der Waals surface area contributed by atoms with Crippen molar-refractivity contribution in [3.8, 4) is 0 Å². The SMILES string of the molecule is CC(OCCCCN1CCc2ccccc2C1)C(=O)O. The van der Waals surface area contributed by atoms with Gasteiger partial charge >= 0.3 is 5.97 Å². The standard InChI is InChI=1S/C16H23NO3/c1-13(16(18)19)20-11-5-4-9-17-10-8-14-6-2-3-7-15(14)12-17/h2-3,6-7,13H,4-5,8-12H2,1H3,(H,18,19). The van der Waals surface area contributed by atoms with E-state index < -0.39 is 12.1 Å². The fourth-order valence-corrected chi connectivity index (χ4v) is 2.51. The summed E-state index contributed by atoms with van der Waals surface area (Å²) < 4.78 is 5.23. The Bertz CT molecular complexity index is 447. The van der Waals surface area contributed by atoms with Crippen LogP contribution in [0.1, 0.15) is 30.9 Å². The maximum absolute atomic E-state index is 10.6. The van der Waals surface area contributed by atoms with Crippen LogP contribution in [0.5, 0.6) is 0 Å². The van der Waals surface area contributed by atoms with E-state index in [9.17, 15) is 4.79 Å². The van der Waals surface area contributed by atoms with Gasteiger partial charge in [0.25, 0.3) is 0 Å². The molecule has 0 aromatic heterocycles. The number of ether oxygens (including phenoxy) is 1. The van der Waals surface area contributed by atoms with Crippen LogP contribution in [0.3, 0.4) is 0 Å². The van der Waals surface area contributed by atoms with E-state index in [-0.39, 0.29) is 0 Å². The summed E-state index contributed by atoms with van der Waals surface area (Å²) in [5.41, 5.74) is 2.91. The minimum Gasteiger partial charge on any atom is -0.479 e. The lowest BCUT2D eigenvalue weighted by Gasteiger charge is -2.28. The van der Waals surface area contributed by atoms with Gasteiger partial charge < -0.3 is 9.84 Å². The van der Waals surface area contributed by atoms with Crippen LogP contribution in [0.25, 0.3) is 0 Å². The third-order valence-electron chi connectivity index (χ3n) is 3.79. The average Bonchev–Trinajstić information content (AvgIpc) is 2.46. The van der Waals surface area contributed by atoms with E-state index in [1.807, 2.05) is 0 Å². The summed E-state index contributed by atoms with van der Waals surface area (Å²) in [4.78, 5) is 13.1. The van der Waals surface area contributed by atoms with Crippen molar-refractivity contribution in [3.05, 3.63) is 35.4 Å². The Labute approximate surface area is 120 Å². The van der Waals surface area contributed by atoms with Gasteiger partial charge in [0.1, 0.15) is 0 Å². The monoisotopic (exact) mass is 277 g/mol.